The van der Waals surface area contributed by atoms with Crippen molar-refractivity contribution >= 4 is 39.7 Å². The van der Waals surface area contributed by atoms with Gasteiger partial charge in [0.25, 0.3) is 0 Å². The second kappa shape index (κ2) is 9.81. The number of halogens is 4. The average Bonchev–Trinajstić information content (AvgIpc) is 3.19. The Balaban J connectivity index is 1.65. The molecule has 2 N–H and O–H groups in total. The summed E-state index contributed by atoms with van der Waals surface area (Å²) in [6.45, 7) is 11.5. The molecule has 202 valence electrons. The van der Waals surface area contributed by atoms with Gasteiger partial charge in [-0.3, -0.25) is 0 Å². The summed E-state index contributed by atoms with van der Waals surface area (Å²) in [7, 11) is 3.82. The van der Waals surface area contributed by atoms with Gasteiger partial charge >= 0.3 is 6.18 Å². The molecule has 5 rings (SSSR count). The van der Waals surface area contributed by atoms with Crippen molar-refractivity contribution in [3.8, 4) is 0 Å². The number of aromatic nitrogens is 3. The summed E-state index contributed by atoms with van der Waals surface area (Å²) in [4.78, 5) is 19.3. The van der Waals surface area contributed by atoms with Gasteiger partial charge in [-0.2, -0.15) is 13.2 Å². The zero-order valence-corrected chi connectivity index (χ0v) is 22.6. The summed E-state index contributed by atoms with van der Waals surface area (Å²) in [5.74, 6) is 1.36. The van der Waals surface area contributed by atoms with Crippen molar-refractivity contribution in [1.29, 1.82) is 0 Å². The third kappa shape index (κ3) is 4.49. The number of aromatic amines is 1. The number of alkyl halides is 3. The van der Waals surface area contributed by atoms with Crippen LogP contribution in [0.2, 0.25) is 5.02 Å². The quantitative estimate of drug-likeness (QED) is 0.432. The van der Waals surface area contributed by atoms with E-state index >= 15 is 0 Å². The van der Waals surface area contributed by atoms with E-state index in [0.29, 0.717) is 40.3 Å². The van der Waals surface area contributed by atoms with E-state index in [-0.39, 0.29) is 17.6 Å². The Morgan fingerprint density at radius 2 is 2.03 bits per heavy atom. The summed E-state index contributed by atoms with van der Waals surface area (Å²) < 4.78 is 40.1. The maximum absolute atomic E-state index is 13.4. The molecular weight excluding hydrogens is 515 g/mol. The highest BCUT2D eigenvalue weighted by Gasteiger charge is 2.36. The highest BCUT2D eigenvalue weighted by atomic mass is 35.5. The first-order chi connectivity index (χ1) is 18.0. The molecule has 11 heteroatoms. The summed E-state index contributed by atoms with van der Waals surface area (Å²) in [6, 6.07) is 3.82. The van der Waals surface area contributed by atoms with Crippen LogP contribution in [0.5, 0.6) is 0 Å². The predicted octanol–water partition coefficient (Wildman–Crippen LogP) is 5.64. The van der Waals surface area contributed by atoms with E-state index in [9.17, 15) is 13.2 Å². The Bertz CT molecular complexity index is 1430. The number of benzene rings is 1. The SMILES string of the molecule is C=C1C(N2CCNCC2C)=C(CC)N(Cc2[nH]c3ccc(C(F)(F)F)cc3c2Cl)c2ncc(N(C)C)nc21. The lowest BCUT2D eigenvalue weighted by atomic mass is 9.97. The van der Waals surface area contributed by atoms with Crippen molar-refractivity contribution in [2.45, 2.75) is 39.0 Å². The molecule has 1 unspecified atom stereocenters. The van der Waals surface area contributed by atoms with E-state index in [1.54, 1.807) is 6.20 Å². The molecule has 1 atom stereocenters. The highest BCUT2D eigenvalue weighted by molar-refractivity contribution is 6.36. The van der Waals surface area contributed by atoms with E-state index in [0.717, 1.165) is 48.7 Å². The fourth-order valence-corrected chi connectivity index (χ4v) is 5.49. The molecule has 0 aliphatic carbocycles. The van der Waals surface area contributed by atoms with Crippen LogP contribution in [-0.2, 0) is 12.7 Å². The molecule has 0 amide bonds. The summed E-state index contributed by atoms with van der Waals surface area (Å²) in [5, 5.41) is 4.04. The van der Waals surface area contributed by atoms with E-state index in [4.69, 9.17) is 21.6 Å². The molecule has 38 heavy (non-hydrogen) atoms. The second-order valence-corrected chi connectivity index (χ2v) is 10.3. The van der Waals surface area contributed by atoms with Crippen LogP contribution in [0.1, 0.15) is 37.2 Å². The van der Waals surface area contributed by atoms with E-state index in [2.05, 4.69) is 40.5 Å². The summed E-state index contributed by atoms with van der Waals surface area (Å²) in [5.41, 5.74) is 3.96. The minimum Gasteiger partial charge on any atom is -0.364 e. The van der Waals surface area contributed by atoms with E-state index in [1.165, 1.54) is 6.07 Å². The standard InChI is InChI=1S/C27H31ClF3N7/c1-6-21-25(37-10-9-32-12-15(37)2)16(3)24-26(33-13-22(35-24)36(4)5)38(21)14-20-23(28)18-11-17(27(29,30)31)7-8-19(18)34-20/h7-8,11,13,15,32,34H,3,6,9-10,12,14H2,1-2,4-5H3. The number of fused-ring (bicyclic) bond motifs is 2. The molecule has 2 aliphatic rings. The van der Waals surface area contributed by atoms with Gasteiger partial charge in [-0.15, -0.1) is 0 Å². The molecule has 3 aromatic rings. The third-order valence-electron chi connectivity index (χ3n) is 7.20. The van der Waals surface area contributed by atoms with Crippen LogP contribution >= 0.6 is 11.6 Å². The molecular formula is C27H31ClF3N7. The van der Waals surface area contributed by atoms with Gasteiger partial charge in [0.2, 0.25) is 0 Å². The Morgan fingerprint density at radius 1 is 1.26 bits per heavy atom. The molecule has 2 aliphatic heterocycles. The first-order valence-electron chi connectivity index (χ1n) is 12.6. The maximum Gasteiger partial charge on any atom is 0.416 e. The predicted molar refractivity (Wildman–Crippen MR) is 146 cm³/mol. The van der Waals surface area contributed by atoms with Crippen LogP contribution in [0.15, 0.2) is 42.4 Å². The average molecular weight is 546 g/mol. The number of piperazine rings is 1. The normalized spacial score (nSPS) is 18.4. The molecule has 0 radical (unpaired) electrons. The molecule has 4 heterocycles. The number of hydrogen-bond acceptors (Lipinski definition) is 6. The zero-order valence-electron chi connectivity index (χ0n) is 21.9. The lowest BCUT2D eigenvalue weighted by Crippen LogP contribution is -2.50. The first kappa shape index (κ1) is 26.4. The Labute approximate surface area is 225 Å². The van der Waals surface area contributed by atoms with E-state index in [1.807, 2.05) is 19.0 Å². The molecule has 1 aromatic carbocycles. The van der Waals surface area contributed by atoms with Gasteiger partial charge in [0.05, 0.1) is 34.7 Å². The number of anilines is 2. The fraction of sp³-hybridized carbons (Fsp3) is 0.407. The van der Waals surface area contributed by atoms with Crippen molar-refractivity contribution in [1.82, 2.24) is 25.2 Å². The van der Waals surface area contributed by atoms with Gasteiger partial charge in [-0.25, -0.2) is 9.97 Å². The number of rotatable bonds is 5. The smallest absolute Gasteiger partial charge is 0.364 e. The topological polar surface area (TPSA) is 63.3 Å². The Hall–Kier alpha value is -3.24. The monoisotopic (exact) mass is 545 g/mol. The molecule has 2 aromatic heterocycles. The Morgan fingerprint density at radius 3 is 2.68 bits per heavy atom. The minimum atomic E-state index is -4.45. The van der Waals surface area contributed by atoms with Gasteiger partial charge in [-0.1, -0.05) is 25.1 Å². The van der Waals surface area contributed by atoms with Crippen LogP contribution in [0.4, 0.5) is 24.8 Å². The van der Waals surface area contributed by atoms with Gasteiger partial charge in [0.1, 0.15) is 11.5 Å². The van der Waals surface area contributed by atoms with Gasteiger partial charge < -0.3 is 25.0 Å². The Kier molecular flexibility index (Phi) is 6.81. The van der Waals surface area contributed by atoms with Crippen LogP contribution in [0, 0.1) is 0 Å². The minimum absolute atomic E-state index is 0.239. The van der Waals surface area contributed by atoms with Gasteiger partial charge in [-0.05, 0) is 31.5 Å². The fourth-order valence-electron chi connectivity index (χ4n) is 5.23. The second-order valence-electron chi connectivity index (χ2n) is 9.93. The molecule has 0 bridgehead atoms. The number of nitrogens with zero attached hydrogens (tertiary/aromatic N) is 5. The van der Waals surface area contributed by atoms with E-state index < -0.39 is 11.7 Å². The number of allylic oxidation sites excluding steroid dienone is 2. The summed E-state index contributed by atoms with van der Waals surface area (Å²) in [6.07, 6.45) is -2.04. The van der Waals surface area contributed by atoms with Crippen LogP contribution in [0.3, 0.4) is 0 Å². The van der Waals surface area contributed by atoms with Gasteiger partial charge in [0.15, 0.2) is 5.82 Å². The molecule has 0 spiro atoms. The van der Waals surface area contributed by atoms with Crippen molar-refractivity contribution in [2.75, 3.05) is 43.5 Å². The highest BCUT2D eigenvalue weighted by Crippen LogP contribution is 2.43. The molecule has 0 saturated carbocycles. The van der Waals surface area contributed by atoms with Gasteiger partial charge in [0, 0.05) is 61.9 Å². The van der Waals surface area contributed by atoms with Crippen LogP contribution in [0.25, 0.3) is 16.5 Å². The van der Waals surface area contributed by atoms with Crippen LogP contribution in [-0.4, -0.2) is 59.6 Å². The number of hydrogen-bond donors (Lipinski definition) is 2. The third-order valence-corrected chi connectivity index (χ3v) is 7.63. The zero-order chi connectivity index (χ0) is 27.4. The molecule has 1 fully saturated rings. The van der Waals surface area contributed by atoms with Crippen LogP contribution < -0.4 is 15.1 Å². The number of H-pyrrole nitrogens is 1. The van der Waals surface area contributed by atoms with Crippen molar-refractivity contribution in [3.63, 3.8) is 0 Å². The van der Waals surface area contributed by atoms with Crippen molar-refractivity contribution in [2.24, 2.45) is 0 Å². The van der Waals surface area contributed by atoms with Crippen molar-refractivity contribution < 1.29 is 13.2 Å². The first-order valence-corrected chi connectivity index (χ1v) is 13.0. The maximum atomic E-state index is 13.4. The lowest BCUT2D eigenvalue weighted by Gasteiger charge is -2.43. The van der Waals surface area contributed by atoms with Crippen molar-refractivity contribution in [3.05, 3.63) is 64.3 Å². The molecule has 7 nitrogen and oxygen atoms in total. The molecule has 1 saturated heterocycles. The summed E-state index contributed by atoms with van der Waals surface area (Å²) >= 11 is 6.70. The lowest BCUT2D eigenvalue weighted by molar-refractivity contribution is -0.137. The largest absolute Gasteiger partial charge is 0.416 e. The number of nitrogens with one attached hydrogen (secondary N) is 2.